The number of nitrogens with one attached hydrogen (secondary N) is 2. The molecule has 26 heavy (non-hydrogen) atoms. The zero-order valence-electron chi connectivity index (χ0n) is 13.7. The topological polar surface area (TPSA) is 50.4 Å². The average molecular weight is 382 g/mol. The van der Waals surface area contributed by atoms with Crippen molar-refractivity contribution in [1.82, 2.24) is 5.32 Å². The summed E-state index contributed by atoms with van der Waals surface area (Å²) in [5.74, 6) is 0. The number of alkyl halides is 3. The predicted molar refractivity (Wildman–Crippen MR) is 94.0 cm³/mol. The van der Waals surface area contributed by atoms with Crippen molar-refractivity contribution in [3.05, 3.63) is 59.7 Å². The normalized spacial score (nSPS) is 16.8. The summed E-state index contributed by atoms with van der Waals surface area (Å²) in [6.45, 7) is 0.610. The van der Waals surface area contributed by atoms with Gasteiger partial charge in [-0.3, -0.25) is 0 Å². The number of fused-ring (bicyclic) bond motifs is 1. The number of benzene rings is 2. The maximum atomic E-state index is 12.8. The van der Waals surface area contributed by atoms with Gasteiger partial charge in [0.2, 0.25) is 0 Å². The van der Waals surface area contributed by atoms with Crippen LogP contribution in [-0.2, 0) is 17.5 Å². The number of rotatable bonds is 3. The lowest BCUT2D eigenvalue weighted by Crippen LogP contribution is -2.33. The Balaban J connectivity index is 1.59. The summed E-state index contributed by atoms with van der Waals surface area (Å²) in [5, 5.41) is 5.45. The van der Waals surface area contributed by atoms with Gasteiger partial charge in [0.1, 0.15) is 6.61 Å². The third-order valence-electron chi connectivity index (χ3n) is 3.79. The lowest BCUT2D eigenvalue weighted by Gasteiger charge is -2.16. The van der Waals surface area contributed by atoms with E-state index in [4.69, 9.17) is 4.74 Å². The molecule has 1 heterocycles. The standard InChI is InChI=1S/C18H17F3N2O2S/c19-18(20,21)13-6-7-15-14(10-13)22-9-8-16(26-15)23-17(24)25-11-12-4-2-1-3-5-12/h1-7,10,16,22H,8-9,11H2,(H,23,24)/t16-/m1/s1. The summed E-state index contributed by atoms with van der Waals surface area (Å²) < 4.78 is 43.7. The largest absolute Gasteiger partial charge is 0.445 e. The SMILES string of the molecule is O=C(N[C@H]1CCNc2cc(C(F)(F)F)ccc2S1)OCc1ccccc1. The van der Waals surface area contributed by atoms with Crippen LogP contribution >= 0.6 is 11.8 Å². The molecule has 0 bridgehead atoms. The smallest absolute Gasteiger partial charge is 0.416 e. The highest BCUT2D eigenvalue weighted by Gasteiger charge is 2.31. The number of hydrogen-bond acceptors (Lipinski definition) is 4. The number of hydrogen-bond donors (Lipinski definition) is 2. The van der Waals surface area contributed by atoms with Crippen LogP contribution in [0, 0.1) is 0 Å². The molecule has 138 valence electrons. The molecule has 0 unspecified atom stereocenters. The summed E-state index contributed by atoms with van der Waals surface area (Å²) >= 11 is 1.31. The fourth-order valence-corrected chi connectivity index (χ4v) is 3.60. The van der Waals surface area contributed by atoms with Gasteiger partial charge in [-0.15, -0.1) is 0 Å². The summed E-state index contributed by atoms with van der Waals surface area (Å²) in [4.78, 5) is 12.6. The molecule has 4 nitrogen and oxygen atoms in total. The number of thioether (sulfide) groups is 1. The van der Waals surface area contributed by atoms with Crippen LogP contribution in [0.4, 0.5) is 23.7 Å². The molecule has 2 aromatic carbocycles. The summed E-state index contributed by atoms with van der Waals surface area (Å²) in [7, 11) is 0. The molecule has 0 fully saturated rings. The van der Waals surface area contributed by atoms with Gasteiger partial charge in [-0.2, -0.15) is 13.2 Å². The second-order valence-corrected chi connectivity index (χ2v) is 6.98. The van der Waals surface area contributed by atoms with Crippen molar-refractivity contribution in [1.29, 1.82) is 0 Å². The summed E-state index contributed by atoms with van der Waals surface area (Å²) in [6, 6.07) is 12.9. The summed E-state index contributed by atoms with van der Waals surface area (Å²) in [5.41, 5.74) is 0.604. The third kappa shape index (κ3) is 4.85. The fraction of sp³-hybridized carbons (Fsp3) is 0.278. The molecular weight excluding hydrogens is 365 g/mol. The lowest BCUT2D eigenvalue weighted by molar-refractivity contribution is -0.137. The van der Waals surface area contributed by atoms with Gasteiger partial charge in [-0.05, 0) is 30.2 Å². The molecular formula is C18H17F3N2O2S. The molecule has 1 amide bonds. The zero-order valence-corrected chi connectivity index (χ0v) is 14.5. The van der Waals surface area contributed by atoms with Crippen molar-refractivity contribution < 1.29 is 22.7 Å². The van der Waals surface area contributed by atoms with Crippen molar-refractivity contribution in [2.75, 3.05) is 11.9 Å². The highest BCUT2D eigenvalue weighted by molar-refractivity contribution is 8.00. The monoisotopic (exact) mass is 382 g/mol. The molecule has 3 rings (SSSR count). The van der Waals surface area contributed by atoms with Crippen LogP contribution in [0.2, 0.25) is 0 Å². The molecule has 0 aliphatic carbocycles. The first kappa shape index (κ1) is 18.4. The van der Waals surface area contributed by atoms with Crippen molar-refractivity contribution in [2.45, 2.75) is 29.5 Å². The molecule has 0 spiro atoms. The summed E-state index contributed by atoms with van der Waals surface area (Å²) in [6.07, 6.45) is -4.38. The van der Waals surface area contributed by atoms with Gasteiger partial charge in [0, 0.05) is 17.1 Å². The minimum absolute atomic E-state index is 0.161. The first-order chi connectivity index (χ1) is 12.4. The van der Waals surface area contributed by atoms with Gasteiger partial charge >= 0.3 is 12.3 Å². The second-order valence-electron chi connectivity index (χ2n) is 5.74. The Morgan fingerprint density at radius 1 is 1.23 bits per heavy atom. The van der Waals surface area contributed by atoms with Gasteiger partial charge in [-0.1, -0.05) is 42.1 Å². The van der Waals surface area contributed by atoms with Crippen LogP contribution in [0.5, 0.6) is 0 Å². The van der Waals surface area contributed by atoms with Gasteiger partial charge in [0.05, 0.1) is 10.9 Å². The number of carbonyl (C=O) groups is 1. The van der Waals surface area contributed by atoms with Crippen LogP contribution in [-0.4, -0.2) is 18.0 Å². The molecule has 8 heteroatoms. The molecule has 0 aromatic heterocycles. The van der Waals surface area contributed by atoms with E-state index >= 15 is 0 Å². The molecule has 1 atom stereocenters. The van der Waals surface area contributed by atoms with Crippen LogP contribution in [0.25, 0.3) is 0 Å². The van der Waals surface area contributed by atoms with Crippen molar-refractivity contribution in [2.24, 2.45) is 0 Å². The van der Waals surface area contributed by atoms with Gasteiger partial charge in [0.15, 0.2) is 0 Å². The Morgan fingerprint density at radius 3 is 2.73 bits per heavy atom. The molecule has 1 aliphatic heterocycles. The number of halogens is 3. The zero-order chi connectivity index (χ0) is 18.6. The Morgan fingerprint density at radius 2 is 2.00 bits per heavy atom. The number of carbonyl (C=O) groups excluding carboxylic acids is 1. The van der Waals surface area contributed by atoms with E-state index in [9.17, 15) is 18.0 Å². The minimum atomic E-state index is -4.38. The van der Waals surface area contributed by atoms with Crippen LogP contribution in [0.3, 0.4) is 0 Å². The Bertz CT molecular complexity index is 769. The van der Waals surface area contributed by atoms with E-state index in [2.05, 4.69) is 10.6 Å². The van der Waals surface area contributed by atoms with Crippen LogP contribution in [0.1, 0.15) is 17.5 Å². The van der Waals surface area contributed by atoms with E-state index in [0.29, 0.717) is 23.5 Å². The van der Waals surface area contributed by atoms with E-state index in [1.807, 2.05) is 30.3 Å². The molecule has 1 aliphatic rings. The predicted octanol–water partition coefficient (Wildman–Crippen LogP) is 4.87. The molecule has 2 N–H and O–H groups in total. The highest BCUT2D eigenvalue weighted by atomic mass is 32.2. The van der Waals surface area contributed by atoms with E-state index in [1.54, 1.807) is 0 Å². The van der Waals surface area contributed by atoms with Crippen LogP contribution in [0.15, 0.2) is 53.4 Å². The van der Waals surface area contributed by atoms with Gasteiger partial charge in [-0.25, -0.2) is 4.79 Å². The molecule has 2 aromatic rings. The Hall–Kier alpha value is -2.35. The number of amides is 1. The lowest BCUT2D eigenvalue weighted by atomic mass is 10.2. The minimum Gasteiger partial charge on any atom is -0.445 e. The van der Waals surface area contributed by atoms with E-state index in [-0.39, 0.29) is 12.0 Å². The maximum absolute atomic E-state index is 12.8. The second kappa shape index (κ2) is 7.90. The Kier molecular flexibility index (Phi) is 5.61. The molecule has 0 radical (unpaired) electrons. The molecule has 0 saturated heterocycles. The van der Waals surface area contributed by atoms with E-state index in [1.165, 1.54) is 17.8 Å². The first-order valence-electron chi connectivity index (χ1n) is 8.01. The van der Waals surface area contributed by atoms with E-state index in [0.717, 1.165) is 17.7 Å². The van der Waals surface area contributed by atoms with Crippen molar-refractivity contribution in [3.8, 4) is 0 Å². The van der Waals surface area contributed by atoms with Gasteiger partial charge < -0.3 is 15.4 Å². The fourth-order valence-electron chi connectivity index (χ4n) is 2.50. The number of ether oxygens (including phenoxy) is 1. The van der Waals surface area contributed by atoms with Crippen molar-refractivity contribution in [3.63, 3.8) is 0 Å². The Labute approximate surface area is 153 Å². The first-order valence-corrected chi connectivity index (χ1v) is 8.89. The van der Waals surface area contributed by atoms with Gasteiger partial charge in [0.25, 0.3) is 0 Å². The maximum Gasteiger partial charge on any atom is 0.416 e. The molecule has 0 saturated carbocycles. The van der Waals surface area contributed by atoms with E-state index < -0.39 is 17.8 Å². The average Bonchev–Trinajstić information content (AvgIpc) is 2.81. The highest BCUT2D eigenvalue weighted by Crippen LogP contribution is 2.38. The number of alkyl carbamates (subject to hydrolysis) is 1. The quantitative estimate of drug-likeness (QED) is 0.796. The number of anilines is 1. The third-order valence-corrected chi connectivity index (χ3v) is 5.04. The van der Waals surface area contributed by atoms with Crippen molar-refractivity contribution >= 4 is 23.5 Å². The van der Waals surface area contributed by atoms with Crippen LogP contribution < -0.4 is 10.6 Å².